The maximum absolute atomic E-state index is 13.8. The second-order valence-electron chi connectivity index (χ2n) is 7.74. The summed E-state index contributed by atoms with van der Waals surface area (Å²) in [5, 5.41) is 3.45. The van der Waals surface area contributed by atoms with E-state index in [1.807, 2.05) is 12.1 Å². The van der Waals surface area contributed by atoms with Crippen molar-refractivity contribution in [1.82, 2.24) is 5.32 Å². The third-order valence-electron chi connectivity index (χ3n) is 5.93. The van der Waals surface area contributed by atoms with Crippen molar-refractivity contribution in [3.63, 3.8) is 0 Å². The Morgan fingerprint density at radius 1 is 1.08 bits per heavy atom. The monoisotopic (exact) mass is 355 g/mol. The van der Waals surface area contributed by atoms with E-state index in [0.29, 0.717) is 6.54 Å². The molecule has 0 bridgehead atoms. The largest absolute Gasteiger partial charge is 0.375 e. The molecule has 1 aliphatic heterocycles. The van der Waals surface area contributed by atoms with Gasteiger partial charge in [-0.15, -0.1) is 0 Å². The molecule has 0 radical (unpaired) electrons. The highest BCUT2D eigenvalue weighted by Crippen LogP contribution is 2.45. The molecule has 2 atom stereocenters. The molecule has 1 fully saturated rings. The number of ether oxygens (including phenoxy) is 1. The van der Waals surface area contributed by atoms with Crippen molar-refractivity contribution in [2.45, 2.75) is 57.1 Å². The van der Waals surface area contributed by atoms with Crippen LogP contribution in [0, 0.1) is 5.82 Å². The predicted octanol–water partition coefficient (Wildman–Crippen LogP) is 5.22. The Morgan fingerprint density at radius 2 is 1.81 bits per heavy atom. The van der Waals surface area contributed by atoms with E-state index in [9.17, 15) is 4.39 Å². The van der Waals surface area contributed by atoms with E-state index in [-0.39, 0.29) is 16.8 Å². The van der Waals surface area contributed by atoms with E-state index < -0.39 is 0 Å². The van der Waals surface area contributed by atoms with Gasteiger partial charge < -0.3 is 10.1 Å². The summed E-state index contributed by atoms with van der Waals surface area (Å²) >= 11 is 0. The van der Waals surface area contributed by atoms with Gasteiger partial charge >= 0.3 is 0 Å². The summed E-state index contributed by atoms with van der Waals surface area (Å²) in [5.74, 6) is -0.137. The number of halogens is 1. The molecule has 1 N–H and O–H groups in total. The molecule has 26 heavy (non-hydrogen) atoms. The zero-order valence-corrected chi connectivity index (χ0v) is 15.9. The summed E-state index contributed by atoms with van der Waals surface area (Å²) in [6, 6.07) is 17.8. The normalized spacial score (nSPS) is 26.0. The minimum Gasteiger partial charge on any atom is -0.375 e. The van der Waals surface area contributed by atoms with Crippen molar-refractivity contribution in [1.29, 1.82) is 0 Å². The van der Waals surface area contributed by atoms with Gasteiger partial charge in [-0.2, -0.15) is 0 Å². The van der Waals surface area contributed by atoms with Crippen LogP contribution in [0.4, 0.5) is 4.39 Å². The lowest BCUT2D eigenvalue weighted by Crippen LogP contribution is -2.46. The van der Waals surface area contributed by atoms with Crippen LogP contribution in [0.1, 0.15) is 50.7 Å². The van der Waals surface area contributed by atoms with Gasteiger partial charge in [-0.3, -0.25) is 0 Å². The Labute approximate surface area is 156 Å². The molecule has 0 aromatic heterocycles. The van der Waals surface area contributed by atoms with Gasteiger partial charge in [0.05, 0.1) is 5.60 Å². The van der Waals surface area contributed by atoms with Crippen LogP contribution in [0.5, 0.6) is 0 Å². The van der Waals surface area contributed by atoms with Gasteiger partial charge in [-0.25, -0.2) is 4.39 Å². The van der Waals surface area contributed by atoms with Crippen molar-refractivity contribution in [2.75, 3.05) is 13.2 Å². The molecule has 140 valence electrons. The lowest BCUT2D eigenvalue weighted by Gasteiger charge is -2.47. The fourth-order valence-electron chi connectivity index (χ4n) is 4.16. The Kier molecular flexibility index (Phi) is 6.10. The van der Waals surface area contributed by atoms with E-state index in [0.717, 1.165) is 44.4 Å². The highest BCUT2D eigenvalue weighted by atomic mass is 19.1. The molecule has 0 aliphatic carbocycles. The maximum atomic E-state index is 13.8. The van der Waals surface area contributed by atoms with E-state index in [1.54, 1.807) is 6.07 Å². The zero-order valence-electron chi connectivity index (χ0n) is 15.9. The van der Waals surface area contributed by atoms with Gasteiger partial charge in [0.25, 0.3) is 0 Å². The summed E-state index contributed by atoms with van der Waals surface area (Å²) in [5.41, 5.74) is 2.17. The summed E-state index contributed by atoms with van der Waals surface area (Å²) in [6.07, 6.45) is 4.12. The average Bonchev–Trinajstić information content (AvgIpc) is 2.67. The molecular formula is C23H30FNO. The third kappa shape index (κ3) is 4.33. The first-order valence-electron chi connectivity index (χ1n) is 9.71. The molecular weight excluding hydrogens is 325 g/mol. The molecule has 2 aromatic rings. The molecule has 3 heteroatoms. The number of nitrogens with one attached hydrogen (secondary N) is 1. The van der Waals surface area contributed by atoms with Gasteiger partial charge in [0.1, 0.15) is 5.82 Å². The Hall–Kier alpha value is -1.71. The molecule has 2 aromatic carbocycles. The first-order chi connectivity index (χ1) is 12.6. The average molecular weight is 355 g/mol. The van der Waals surface area contributed by atoms with Crippen molar-refractivity contribution in [2.24, 2.45) is 0 Å². The molecule has 3 rings (SSSR count). The zero-order chi connectivity index (χ0) is 18.5. The molecule has 1 saturated heterocycles. The van der Waals surface area contributed by atoms with Gasteiger partial charge in [0.15, 0.2) is 0 Å². The van der Waals surface area contributed by atoms with E-state index >= 15 is 0 Å². The Bertz CT molecular complexity index is 704. The second kappa shape index (κ2) is 8.32. The highest BCUT2D eigenvalue weighted by molar-refractivity contribution is 5.27. The van der Waals surface area contributed by atoms with Crippen molar-refractivity contribution < 1.29 is 9.13 Å². The molecule has 1 heterocycles. The summed E-state index contributed by atoms with van der Waals surface area (Å²) < 4.78 is 19.9. The predicted molar refractivity (Wildman–Crippen MR) is 105 cm³/mol. The maximum Gasteiger partial charge on any atom is 0.127 e. The molecule has 1 aliphatic rings. The van der Waals surface area contributed by atoms with Gasteiger partial charge in [-0.1, -0.05) is 55.5 Å². The molecule has 0 unspecified atom stereocenters. The van der Waals surface area contributed by atoms with Crippen molar-refractivity contribution >= 4 is 0 Å². The minimum absolute atomic E-state index is 0.0698. The highest BCUT2D eigenvalue weighted by Gasteiger charge is 2.42. The first kappa shape index (κ1) is 19.1. The minimum atomic E-state index is -0.137. The van der Waals surface area contributed by atoms with Gasteiger partial charge in [0.2, 0.25) is 0 Å². The molecule has 0 amide bonds. The number of benzene rings is 2. The summed E-state index contributed by atoms with van der Waals surface area (Å²) in [6.45, 7) is 6.67. The third-order valence-corrected chi connectivity index (χ3v) is 5.93. The number of rotatable bonds is 7. The Balaban J connectivity index is 1.70. The van der Waals surface area contributed by atoms with E-state index in [1.165, 1.54) is 11.6 Å². The van der Waals surface area contributed by atoms with Crippen LogP contribution in [-0.4, -0.2) is 18.8 Å². The first-order valence-corrected chi connectivity index (χ1v) is 9.71. The van der Waals surface area contributed by atoms with E-state index in [4.69, 9.17) is 4.74 Å². The van der Waals surface area contributed by atoms with Crippen molar-refractivity contribution in [3.05, 3.63) is 71.5 Å². The fraction of sp³-hybridized carbons (Fsp3) is 0.478. The topological polar surface area (TPSA) is 21.3 Å². The molecule has 0 spiro atoms. The van der Waals surface area contributed by atoms with Crippen LogP contribution in [0.2, 0.25) is 0 Å². The van der Waals surface area contributed by atoms with Crippen LogP contribution in [0.15, 0.2) is 54.6 Å². The lowest BCUT2D eigenvalue weighted by atomic mass is 9.66. The quantitative estimate of drug-likeness (QED) is 0.687. The van der Waals surface area contributed by atoms with Crippen LogP contribution in [0.25, 0.3) is 0 Å². The van der Waals surface area contributed by atoms with Gasteiger partial charge in [0, 0.05) is 24.1 Å². The van der Waals surface area contributed by atoms with Crippen LogP contribution >= 0.6 is 0 Å². The number of hydrogen-bond acceptors (Lipinski definition) is 2. The van der Waals surface area contributed by atoms with Crippen LogP contribution < -0.4 is 5.32 Å². The molecule has 2 nitrogen and oxygen atoms in total. The fourth-order valence-corrected chi connectivity index (χ4v) is 4.16. The van der Waals surface area contributed by atoms with Crippen LogP contribution in [0.3, 0.4) is 0 Å². The van der Waals surface area contributed by atoms with Crippen LogP contribution in [-0.2, 0) is 16.7 Å². The summed E-state index contributed by atoms with van der Waals surface area (Å²) in [7, 11) is 0. The summed E-state index contributed by atoms with van der Waals surface area (Å²) in [4.78, 5) is 0. The smallest absolute Gasteiger partial charge is 0.127 e. The molecule has 0 saturated carbocycles. The SMILES string of the molecule is CC[C@@]1(C)C[C@](CCNCc2ccccc2F)(c2ccccc2)CCO1. The standard InChI is InChI=1S/C23H30FNO/c1-3-22(2)18-23(14-16-26-22,20-10-5-4-6-11-20)13-15-25-17-19-9-7-8-12-21(19)24/h4-12,25H,3,13-18H2,1-2H3/t22-,23+/m0/s1. The second-order valence-corrected chi connectivity index (χ2v) is 7.74. The van der Waals surface area contributed by atoms with E-state index in [2.05, 4.69) is 49.5 Å². The van der Waals surface area contributed by atoms with Gasteiger partial charge in [-0.05, 0) is 50.8 Å². The lowest BCUT2D eigenvalue weighted by molar-refractivity contribution is -0.0979. The number of hydrogen-bond donors (Lipinski definition) is 1. The van der Waals surface area contributed by atoms with Crippen molar-refractivity contribution in [3.8, 4) is 0 Å². The Morgan fingerprint density at radius 3 is 2.54 bits per heavy atom.